The van der Waals surface area contributed by atoms with E-state index < -0.39 is 14.9 Å². The van der Waals surface area contributed by atoms with Gasteiger partial charge in [0.1, 0.15) is 0 Å². The quantitative estimate of drug-likeness (QED) is 0.606. The van der Waals surface area contributed by atoms with Gasteiger partial charge in [0.2, 0.25) is 10.0 Å². The van der Waals surface area contributed by atoms with Crippen LogP contribution in [0.25, 0.3) is 0 Å². The van der Waals surface area contributed by atoms with Crippen LogP contribution in [0.4, 0.5) is 11.4 Å². The van der Waals surface area contributed by atoms with Crippen molar-refractivity contribution in [2.75, 3.05) is 24.1 Å². The Morgan fingerprint density at radius 2 is 2.11 bits per heavy atom. The molecule has 0 bridgehead atoms. The molecule has 0 amide bonds. The predicted molar refractivity (Wildman–Crippen MR) is 69.4 cm³/mol. The van der Waals surface area contributed by atoms with Crippen LogP contribution in [0.15, 0.2) is 18.2 Å². The van der Waals surface area contributed by atoms with Crippen LogP contribution in [0.5, 0.6) is 0 Å². The monoisotopic (exact) mass is 293 g/mol. The molecule has 0 radical (unpaired) electrons. The molecule has 0 aliphatic carbocycles. The summed E-state index contributed by atoms with van der Waals surface area (Å²) in [6.45, 7) is 0.266. The first-order chi connectivity index (χ1) is 8.35. The zero-order valence-electron chi connectivity index (χ0n) is 9.51. The van der Waals surface area contributed by atoms with Crippen molar-refractivity contribution in [3.05, 3.63) is 33.3 Å². The summed E-state index contributed by atoms with van der Waals surface area (Å²) in [6.07, 6.45) is 0. The fourth-order valence-corrected chi connectivity index (χ4v) is 2.46. The van der Waals surface area contributed by atoms with Gasteiger partial charge in [-0.05, 0) is 13.1 Å². The number of sulfonamides is 1. The third-order valence-corrected chi connectivity index (χ3v) is 3.65. The molecule has 1 rings (SSSR count). The highest BCUT2D eigenvalue weighted by molar-refractivity contribution is 7.92. The van der Waals surface area contributed by atoms with Crippen LogP contribution in [-0.4, -0.2) is 32.7 Å². The number of nitro groups is 1. The standard InChI is InChI=1S/C9H12ClN3O4S/c1-11-4-5-18(16,17)12-9-6-7(13(14)15)2-3-8(9)10/h2-3,6,11-12H,4-5H2,1H3. The zero-order valence-corrected chi connectivity index (χ0v) is 11.1. The van der Waals surface area contributed by atoms with E-state index in [2.05, 4.69) is 10.0 Å². The number of anilines is 1. The first kappa shape index (κ1) is 14.7. The molecule has 18 heavy (non-hydrogen) atoms. The maximum atomic E-state index is 11.6. The van der Waals surface area contributed by atoms with Crippen LogP contribution in [0.1, 0.15) is 0 Å². The average molecular weight is 294 g/mol. The Morgan fingerprint density at radius 3 is 2.67 bits per heavy atom. The minimum absolute atomic E-state index is 0.00182. The Hall–Kier alpha value is -1.38. The number of benzene rings is 1. The Kier molecular flexibility index (Phi) is 4.88. The Balaban J connectivity index is 2.96. The van der Waals surface area contributed by atoms with E-state index in [1.54, 1.807) is 7.05 Å². The lowest BCUT2D eigenvalue weighted by molar-refractivity contribution is -0.384. The summed E-state index contributed by atoms with van der Waals surface area (Å²) in [6, 6.07) is 3.56. The Bertz CT molecular complexity index is 547. The average Bonchev–Trinajstić information content (AvgIpc) is 2.29. The number of non-ortho nitro benzene ring substituents is 1. The fraction of sp³-hybridized carbons (Fsp3) is 0.333. The number of nitrogens with one attached hydrogen (secondary N) is 2. The van der Waals surface area contributed by atoms with E-state index in [0.29, 0.717) is 0 Å². The molecule has 0 aromatic heterocycles. The van der Waals surface area contributed by atoms with Crippen molar-refractivity contribution in [1.29, 1.82) is 0 Å². The van der Waals surface area contributed by atoms with Crippen molar-refractivity contribution in [3.63, 3.8) is 0 Å². The van der Waals surface area contributed by atoms with Gasteiger partial charge in [-0.3, -0.25) is 14.8 Å². The normalized spacial score (nSPS) is 11.2. The summed E-state index contributed by atoms with van der Waals surface area (Å²) >= 11 is 5.78. The largest absolute Gasteiger partial charge is 0.319 e. The van der Waals surface area contributed by atoms with Gasteiger partial charge in [-0.2, -0.15) is 0 Å². The van der Waals surface area contributed by atoms with Crippen LogP contribution in [0.3, 0.4) is 0 Å². The smallest absolute Gasteiger partial charge is 0.271 e. The molecule has 0 unspecified atom stereocenters. The number of halogens is 1. The Morgan fingerprint density at radius 1 is 1.44 bits per heavy atom. The van der Waals surface area contributed by atoms with Gasteiger partial charge in [-0.25, -0.2) is 8.42 Å². The van der Waals surface area contributed by atoms with E-state index in [0.717, 1.165) is 6.07 Å². The topological polar surface area (TPSA) is 101 Å². The van der Waals surface area contributed by atoms with Crippen LogP contribution in [0.2, 0.25) is 5.02 Å². The molecule has 0 atom stereocenters. The second-order valence-corrected chi connectivity index (χ2v) is 5.69. The highest BCUT2D eigenvalue weighted by atomic mass is 35.5. The maximum Gasteiger partial charge on any atom is 0.271 e. The lowest BCUT2D eigenvalue weighted by Gasteiger charge is -2.09. The third kappa shape index (κ3) is 4.13. The highest BCUT2D eigenvalue weighted by Gasteiger charge is 2.15. The van der Waals surface area contributed by atoms with E-state index in [-0.39, 0.29) is 28.7 Å². The van der Waals surface area contributed by atoms with Gasteiger partial charge >= 0.3 is 0 Å². The molecule has 0 heterocycles. The lowest BCUT2D eigenvalue weighted by Crippen LogP contribution is -2.24. The summed E-state index contributed by atoms with van der Waals surface area (Å²) in [4.78, 5) is 9.95. The summed E-state index contributed by atoms with van der Waals surface area (Å²) < 4.78 is 25.4. The van der Waals surface area contributed by atoms with Gasteiger partial charge in [-0.1, -0.05) is 11.6 Å². The van der Waals surface area contributed by atoms with Gasteiger partial charge in [0.25, 0.3) is 5.69 Å². The summed E-state index contributed by atoms with van der Waals surface area (Å²) in [5.74, 6) is -0.150. The van der Waals surface area contributed by atoms with E-state index >= 15 is 0 Å². The third-order valence-electron chi connectivity index (χ3n) is 2.05. The number of hydrogen-bond donors (Lipinski definition) is 2. The van der Waals surface area contributed by atoms with Crippen molar-refractivity contribution in [1.82, 2.24) is 5.32 Å². The first-order valence-electron chi connectivity index (χ1n) is 4.95. The molecule has 1 aromatic carbocycles. The summed E-state index contributed by atoms with van der Waals surface area (Å²) in [5.41, 5.74) is -0.229. The number of nitro benzene ring substituents is 1. The summed E-state index contributed by atoms with van der Waals surface area (Å²) in [7, 11) is -1.96. The molecule has 0 spiro atoms. The number of rotatable bonds is 6. The highest BCUT2D eigenvalue weighted by Crippen LogP contribution is 2.27. The molecule has 0 aliphatic rings. The molecule has 1 aromatic rings. The molecule has 2 N–H and O–H groups in total. The van der Waals surface area contributed by atoms with Gasteiger partial charge in [0.05, 0.1) is 21.4 Å². The second-order valence-electron chi connectivity index (χ2n) is 3.45. The van der Waals surface area contributed by atoms with E-state index in [1.807, 2.05) is 0 Å². The van der Waals surface area contributed by atoms with E-state index in [4.69, 9.17) is 11.6 Å². The minimum Gasteiger partial charge on any atom is -0.319 e. The molecule has 9 heteroatoms. The lowest BCUT2D eigenvalue weighted by atomic mass is 10.3. The van der Waals surface area contributed by atoms with Gasteiger partial charge in [-0.15, -0.1) is 0 Å². The minimum atomic E-state index is -3.58. The molecular weight excluding hydrogens is 282 g/mol. The van der Waals surface area contributed by atoms with E-state index in [1.165, 1.54) is 12.1 Å². The number of hydrogen-bond acceptors (Lipinski definition) is 5. The van der Waals surface area contributed by atoms with Gasteiger partial charge < -0.3 is 5.32 Å². The van der Waals surface area contributed by atoms with Crippen LogP contribution in [-0.2, 0) is 10.0 Å². The molecular formula is C9H12ClN3O4S. The summed E-state index contributed by atoms with van der Waals surface area (Å²) in [5, 5.41) is 13.4. The number of nitrogens with zero attached hydrogens (tertiary/aromatic N) is 1. The first-order valence-corrected chi connectivity index (χ1v) is 6.98. The van der Waals surface area contributed by atoms with Crippen molar-refractivity contribution in [3.8, 4) is 0 Å². The maximum absolute atomic E-state index is 11.6. The molecule has 0 saturated carbocycles. The molecule has 0 saturated heterocycles. The second kappa shape index (κ2) is 5.98. The zero-order chi connectivity index (χ0) is 13.8. The van der Waals surface area contributed by atoms with Crippen LogP contribution < -0.4 is 10.0 Å². The van der Waals surface area contributed by atoms with Crippen molar-refractivity contribution >= 4 is 33.0 Å². The fourth-order valence-electron chi connectivity index (χ4n) is 1.16. The molecule has 0 fully saturated rings. The van der Waals surface area contributed by atoms with E-state index in [9.17, 15) is 18.5 Å². The van der Waals surface area contributed by atoms with Gasteiger partial charge in [0.15, 0.2) is 0 Å². The molecule has 0 aliphatic heterocycles. The van der Waals surface area contributed by atoms with Crippen molar-refractivity contribution in [2.45, 2.75) is 0 Å². The van der Waals surface area contributed by atoms with Crippen molar-refractivity contribution < 1.29 is 13.3 Å². The Labute approximate surface area is 109 Å². The molecule has 100 valence electrons. The van der Waals surface area contributed by atoms with Gasteiger partial charge in [0, 0.05) is 18.7 Å². The SMILES string of the molecule is CNCCS(=O)(=O)Nc1cc([N+](=O)[O-])ccc1Cl. The van der Waals surface area contributed by atoms with Crippen LogP contribution in [0, 0.1) is 10.1 Å². The molecule has 7 nitrogen and oxygen atoms in total. The van der Waals surface area contributed by atoms with Crippen molar-refractivity contribution in [2.24, 2.45) is 0 Å². The predicted octanol–water partition coefficient (Wildman–Crippen LogP) is 1.21. The van der Waals surface area contributed by atoms with Crippen LogP contribution >= 0.6 is 11.6 Å².